The van der Waals surface area contributed by atoms with E-state index in [0.717, 1.165) is 11.3 Å². The Balaban J connectivity index is 2.07. The van der Waals surface area contributed by atoms with E-state index in [-0.39, 0.29) is 11.6 Å². The van der Waals surface area contributed by atoms with Crippen molar-refractivity contribution in [3.05, 3.63) is 64.1 Å². The van der Waals surface area contributed by atoms with Gasteiger partial charge in [-0.15, -0.1) is 0 Å². The van der Waals surface area contributed by atoms with E-state index in [0.29, 0.717) is 11.0 Å². The first-order valence-corrected chi connectivity index (χ1v) is 5.88. The predicted molar refractivity (Wildman–Crippen MR) is 67.8 cm³/mol. The van der Waals surface area contributed by atoms with Crippen molar-refractivity contribution >= 4 is 21.6 Å². The Morgan fingerprint density at radius 1 is 1.00 bits per heavy atom. The third-order valence-electron chi connectivity index (χ3n) is 2.36. The van der Waals surface area contributed by atoms with Crippen LogP contribution in [0.25, 0.3) is 0 Å². The summed E-state index contributed by atoms with van der Waals surface area (Å²) in [7, 11) is 0. The molecule has 4 heteroatoms. The molecule has 0 unspecified atom stereocenters. The highest BCUT2D eigenvalue weighted by Gasteiger charge is 2.04. The largest absolute Gasteiger partial charge is 0.381 e. The molecule has 0 atom stereocenters. The van der Waals surface area contributed by atoms with Gasteiger partial charge in [-0.05, 0) is 51.8 Å². The lowest BCUT2D eigenvalue weighted by molar-refractivity contribution is 0.618. The summed E-state index contributed by atoms with van der Waals surface area (Å²) in [5.41, 5.74) is 1.61. The van der Waals surface area contributed by atoms with Crippen molar-refractivity contribution in [3.63, 3.8) is 0 Å². The van der Waals surface area contributed by atoms with Crippen LogP contribution in [0.2, 0.25) is 0 Å². The molecule has 2 rings (SSSR count). The average Bonchev–Trinajstić information content (AvgIpc) is 2.33. The molecule has 0 saturated heterocycles. The van der Waals surface area contributed by atoms with Gasteiger partial charge in [0, 0.05) is 12.2 Å². The van der Waals surface area contributed by atoms with Crippen LogP contribution in [0.1, 0.15) is 5.56 Å². The molecule has 0 fully saturated rings. The maximum atomic E-state index is 13.2. The van der Waals surface area contributed by atoms with Gasteiger partial charge in [-0.25, -0.2) is 8.78 Å². The Morgan fingerprint density at radius 3 is 2.41 bits per heavy atom. The third-order valence-corrected chi connectivity index (χ3v) is 3.25. The van der Waals surface area contributed by atoms with Crippen molar-refractivity contribution in [2.45, 2.75) is 6.54 Å². The van der Waals surface area contributed by atoms with Crippen LogP contribution in [-0.4, -0.2) is 0 Å². The van der Waals surface area contributed by atoms with E-state index in [2.05, 4.69) is 21.2 Å². The number of hydrogen-bond acceptors (Lipinski definition) is 1. The number of nitrogens with one attached hydrogen (secondary N) is 1. The van der Waals surface area contributed by atoms with Crippen LogP contribution in [0.4, 0.5) is 14.5 Å². The van der Waals surface area contributed by atoms with Gasteiger partial charge in [0.1, 0.15) is 11.6 Å². The predicted octanol–water partition coefficient (Wildman–Crippen LogP) is 4.34. The van der Waals surface area contributed by atoms with Crippen LogP contribution in [0.5, 0.6) is 0 Å². The summed E-state index contributed by atoms with van der Waals surface area (Å²) in [6.07, 6.45) is 0. The maximum Gasteiger partial charge on any atom is 0.137 e. The molecule has 0 aliphatic heterocycles. The molecular weight excluding hydrogens is 288 g/mol. The van der Waals surface area contributed by atoms with E-state index < -0.39 is 0 Å². The van der Waals surface area contributed by atoms with Gasteiger partial charge < -0.3 is 5.32 Å². The Kier molecular flexibility index (Phi) is 3.74. The molecule has 0 aromatic heterocycles. The first kappa shape index (κ1) is 12.0. The first-order valence-electron chi connectivity index (χ1n) is 5.09. The van der Waals surface area contributed by atoms with Crippen LogP contribution in [-0.2, 0) is 6.54 Å². The average molecular weight is 298 g/mol. The minimum atomic E-state index is -0.289. The maximum absolute atomic E-state index is 13.2. The molecule has 0 spiro atoms. The van der Waals surface area contributed by atoms with Crippen LogP contribution < -0.4 is 5.32 Å². The number of anilines is 1. The van der Waals surface area contributed by atoms with E-state index in [1.54, 1.807) is 18.2 Å². The zero-order valence-corrected chi connectivity index (χ0v) is 10.5. The zero-order chi connectivity index (χ0) is 12.3. The summed E-state index contributed by atoms with van der Waals surface area (Å²) >= 11 is 3.19. The molecule has 0 radical (unpaired) electrons. The lowest BCUT2D eigenvalue weighted by Gasteiger charge is -2.08. The second-order valence-corrected chi connectivity index (χ2v) is 4.37. The number of rotatable bonds is 3. The Hall–Kier alpha value is -1.42. The van der Waals surface area contributed by atoms with Gasteiger partial charge in [0.2, 0.25) is 0 Å². The summed E-state index contributed by atoms with van der Waals surface area (Å²) in [6, 6.07) is 10.9. The minimum Gasteiger partial charge on any atom is -0.381 e. The summed E-state index contributed by atoms with van der Waals surface area (Å²) < 4.78 is 26.4. The van der Waals surface area contributed by atoms with Crippen LogP contribution in [0.3, 0.4) is 0 Å². The van der Waals surface area contributed by atoms with Gasteiger partial charge in [-0.1, -0.05) is 12.1 Å². The fourth-order valence-corrected chi connectivity index (χ4v) is 1.85. The van der Waals surface area contributed by atoms with Crippen LogP contribution in [0, 0.1) is 11.6 Å². The molecule has 0 aliphatic carbocycles. The van der Waals surface area contributed by atoms with E-state index in [1.807, 2.05) is 6.07 Å². The second-order valence-electron chi connectivity index (χ2n) is 3.57. The Labute approximate surface area is 107 Å². The fourth-order valence-electron chi connectivity index (χ4n) is 1.45. The molecule has 0 bridgehead atoms. The molecule has 0 amide bonds. The second kappa shape index (κ2) is 5.27. The van der Waals surface area contributed by atoms with E-state index in [9.17, 15) is 8.78 Å². The summed E-state index contributed by atoms with van der Waals surface area (Å²) in [5, 5.41) is 3.09. The van der Waals surface area contributed by atoms with Gasteiger partial charge in [-0.3, -0.25) is 0 Å². The first-order chi connectivity index (χ1) is 8.16. The van der Waals surface area contributed by atoms with Gasteiger partial charge >= 0.3 is 0 Å². The topological polar surface area (TPSA) is 12.0 Å². The number of benzene rings is 2. The summed E-state index contributed by atoms with van der Waals surface area (Å²) in [5.74, 6) is -0.564. The summed E-state index contributed by atoms with van der Waals surface area (Å²) in [6.45, 7) is 0.476. The van der Waals surface area contributed by atoms with E-state index in [1.165, 1.54) is 18.2 Å². The summed E-state index contributed by atoms with van der Waals surface area (Å²) in [4.78, 5) is 0. The molecule has 1 N–H and O–H groups in total. The highest BCUT2D eigenvalue weighted by Crippen LogP contribution is 2.21. The monoisotopic (exact) mass is 297 g/mol. The van der Waals surface area contributed by atoms with Gasteiger partial charge in [0.25, 0.3) is 0 Å². The highest BCUT2D eigenvalue weighted by atomic mass is 79.9. The Morgan fingerprint density at radius 2 is 1.71 bits per heavy atom. The van der Waals surface area contributed by atoms with Crippen molar-refractivity contribution in [1.82, 2.24) is 0 Å². The fraction of sp³-hybridized carbons (Fsp3) is 0.0769. The Bertz CT molecular complexity index is 511. The van der Waals surface area contributed by atoms with Gasteiger partial charge in [0.05, 0.1) is 4.47 Å². The smallest absolute Gasteiger partial charge is 0.137 e. The van der Waals surface area contributed by atoms with E-state index in [4.69, 9.17) is 0 Å². The highest BCUT2D eigenvalue weighted by molar-refractivity contribution is 9.10. The van der Waals surface area contributed by atoms with Crippen molar-refractivity contribution in [2.75, 3.05) is 5.32 Å². The molecule has 2 aromatic rings. The van der Waals surface area contributed by atoms with Crippen molar-refractivity contribution in [3.8, 4) is 0 Å². The lowest BCUT2D eigenvalue weighted by Crippen LogP contribution is -2.01. The van der Waals surface area contributed by atoms with Crippen molar-refractivity contribution in [2.24, 2.45) is 0 Å². The molecular formula is C13H10BrF2N. The van der Waals surface area contributed by atoms with Crippen molar-refractivity contribution in [1.29, 1.82) is 0 Å². The quantitative estimate of drug-likeness (QED) is 0.889. The molecule has 17 heavy (non-hydrogen) atoms. The normalized spacial score (nSPS) is 10.3. The SMILES string of the molecule is Fc1ccc(NCc2cccc(F)c2Br)cc1. The molecule has 88 valence electrons. The number of hydrogen-bond donors (Lipinski definition) is 1. The third kappa shape index (κ3) is 3.03. The minimum absolute atomic E-state index is 0.275. The molecule has 0 heterocycles. The van der Waals surface area contributed by atoms with Crippen molar-refractivity contribution < 1.29 is 8.78 Å². The molecule has 2 aromatic carbocycles. The standard InChI is InChI=1S/C13H10BrF2N/c14-13-9(2-1-3-12(13)16)8-17-11-6-4-10(15)5-7-11/h1-7,17H,8H2. The van der Waals surface area contributed by atoms with Gasteiger partial charge in [0.15, 0.2) is 0 Å². The molecule has 0 aliphatic rings. The number of halogens is 3. The van der Waals surface area contributed by atoms with E-state index >= 15 is 0 Å². The van der Waals surface area contributed by atoms with Crippen LogP contribution >= 0.6 is 15.9 Å². The molecule has 1 nitrogen and oxygen atoms in total. The lowest BCUT2D eigenvalue weighted by atomic mass is 10.2. The molecule has 0 saturated carbocycles. The zero-order valence-electron chi connectivity index (χ0n) is 8.88. The van der Waals surface area contributed by atoms with Gasteiger partial charge in [-0.2, -0.15) is 0 Å². The van der Waals surface area contributed by atoms with Crippen LogP contribution in [0.15, 0.2) is 46.9 Å².